The lowest BCUT2D eigenvalue weighted by molar-refractivity contribution is 0.132. The van der Waals surface area contributed by atoms with Crippen LogP contribution in [0.4, 0.5) is 0 Å². The molecule has 2 aliphatic carbocycles. The maximum atomic E-state index is 3.00. The highest BCUT2D eigenvalue weighted by Gasteiger charge is 2.38. The second kappa shape index (κ2) is 7.81. The molecule has 0 amide bonds. The van der Waals surface area contributed by atoms with Gasteiger partial charge in [-0.15, -0.1) is 13.2 Å². The van der Waals surface area contributed by atoms with Crippen LogP contribution in [0.3, 0.4) is 0 Å². The van der Waals surface area contributed by atoms with Crippen LogP contribution in [0.15, 0.2) is 24.8 Å². The molecule has 4 atom stereocenters. The second-order valence-corrected chi connectivity index (χ2v) is 5.97. The summed E-state index contributed by atoms with van der Waals surface area (Å²) in [7, 11) is 0. The van der Waals surface area contributed by atoms with Crippen molar-refractivity contribution in [2.24, 2.45) is 23.7 Å². The summed E-state index contributed by atoms with van der Waals surface area (Å²) < 4.78 is 0. The lowest BCUT2D eigenvalue weighted by Crippen LogP contribution is -2.34. The molecule has 2 rings (SSSR count). The molecular formula is C18H32. The molecule has 2 saturated carbocycles. The van der Waals surface area contributed by atoms with Crippen molar-refractivity contribution in [1.29, 1.82) is 0 Å². The highest BCUT2D eigenvalue weighted by Crippen LogP contribution is 2.49. The zero-order valence-electron chi connectivity index (χ0n) is 12.8. The molecule has 0 heteroatoms. The van der Waals surface area contributed by atoms with Crippen molar-refractivity contribution in [3.63, 3.8) is 0 Å². The molecule has 0 heterocycles. The van der Waals surface area contributed by atoms with Gasteiger partial charge in [0, 0.05) is 0 Å². The van der Waals surface area contributed by atoms with E-state index in [4.69, 9.17) is 0 Å². The zero-order chi connectivity index (χ0) is 13.5. The molecule has 2 fully saturated rings. The van der Waals surface area contributed by atoms with E-state index < -0.39 is 0 Å². The van der Waals surface area contributed by atoms with E-state index in [9.17, 15) is 0 Å². The molecule has 0 bridgehead atoms. The van der Waals surface area contributed by atoms with Gasteiger partial charge in [0.25, 0.3) is 0 Å². The van der Waals surface area contributed by atoms with E-state index in [-0.39, 0.29) is 0 Å². The van der Waals surface area contributed by atoms with E-state index in [0.29, 0.717) is 0 Å². The topological polar surface area (TPSA) is 0 Å². The number of hydrogen-bond donors (Lipinski definition) is 0. The summed E-state index contributed by atoms with van der Waals surface area (Å²) in [5, 5.41) is 0. The predicted octanol–water partition coefficient (Wildman–Crippen LogP) is 6.00. The summed E-state index contributed by atoms with van der Waals surface area (Å²) in [4.78, 5) is 0. The van der Waals surface area contributed by atoms with Crippen molar-refractivity contribution in [3.05, 3.63) is 24.8 Å². The maximum absolute atomic E-state index is 3.00. The van der Waals surface area contributed by atoms with Crippen molar-refractivity contribution < 1.29 is 0 Å². The van der Waals surface area contributed by atoms with E-state index in [2.05, 4.69) is 40.0 Å². The summed E-state index contributed by atoms with van der Waals surface area (Å²) in [5.74, 6) is 3.89. The van der Waals surface area contributed by atoms with Crippen molar-refractivity contribution in [3.8, 4) is 0 Å². The second-order valence-electron chi connectivity index (χ2n) is 5.97. The third-order valence-electron chi connectivity index (χ3n) is 5.10. The number of hydrogen-bond acceptors (Lipinski definition) is 0. The smallest absolute Gasteiger partial charge is 0.0170 e. The van der Waals surface area contributed by atoms with Crippen LogP contribution >= 0.6 is 0 Å². The molecule has 18 heavy (non-hydrogen) atoms. The lowest BCUT2D eigenvalue weighted by atomic mass is 9.60. The predicted molar refractivity (Wildman–Crippen MR) is 82.6 cm³/mol. The maximum Gasteiger partial charge on any atom is -0.0170 e. The molecule has 4 unspecified atom stereocenters. The Kier molecular flexibility index (Phi) is 6.75. The number of rotatable bonds is 2. The third kappa shape index (κ3) is 3.28. The van der Waals surface area contributed by atoms with Crippen molar-refractivity contribution in [2.45, 2.75) is 65.7 Å². The molecular weight excluding hydrogens is 216 g/mol. The minimum atomic E-state index is 0.923. The van der Waals surface area contributed by atoms with Gasteiger partial charge in [-0.1, -0.05) is 45.3 Å². The van der Waals surface area contributed by atoms with E-state index in [1.54, 1.807) is 0 Å². The highest BCUT2D eigenvalue weighted by atomic mass is 14.4. The van der Waals surface area contributed by atoms with Crippen molar-refractivity contribution >= 4 is 0 Å². The molecule has 0 spiro atoms. The number of fused-ring (bicyclic) bond motifs is 1. The first-order valence-corrected chi connectivity index (χ1v) is 7.97. The normalized spacial score (nSPS) is 37.6. The Balaban J connectivity index is 0.000000771. The SMILES string of the molecule is C=C.CC/C=C1\C(CC)CCC2C(C)CCCC12. The molecule has 2 aliphatic rings. The minimum absolute atomic E-state index is 0.923. The minimum Gasteiger partial charge on any atom is -0.106 e. The van der Waals surface area contributed by atoms with Crippen LogP contribution < -0.4 is 0 Å². The van der Waals surface area contributed by atoms with Crippen molar-refractivity contribution in [1.82, 2.24) is 0 Å². The van der Waals surface area contributed by atoms with E-state index >= 15 is 0 Å². The standard InChI is InChI=1S/C16H28.C2H4/c1-4-7-15-13(5-2)10-11-14-12(3)8-6-9-16(14)15;1-2/h7,12-14,16H,4-6,8-11H2,1-3H3;1-2H2/b15-7+;. The van der Waals surface area contributed by atoms with Gasteiger partial charge >= 0.3 is 0 Å². The molecule has 0 aromatic rings. The van der Waals surface area contributed by atoms with Gasteiger partial charge in [0.2, 0.25) is 0 Å². The lowest BCUT2D eigenvalue weighted by Gasteiger charge is -2.45. The number of allylic oxidation sites excluding steroid dienone is 2. The molecule has 0 aromatic carbocycles. The van der Waals surface area contributed by atoms with Crippen LogP contribution in [-0.4, -0.2) is 0 Å². The van der Waals surface area contributed by atoms with Crippen molar-refractivity contribution in [2.75, 3.05) is 0 Å². The Hall–Kier alpha value is -0.520. The molecule has 0 nitrogen and oxygen atoms in total. The van der Waals surface area contributed by atoms with Crippen LogP contribution in [0, 0.1) is 23.7 Å². The highest BCUT2D eigenvalue weighted by molar-refractivity contribution is 5.16. The molecule has 0 aliphatic heterocycles. The Morgan fingerprint density at radius 1 is 1.11 bits per heavy atom. The Labute approximate surface area is 115 Å². The van der Waals surface area contributed by atoms with Crippen LogP contribution in [0.5, 0.6) is 0 Å². The fourth-order valence-corrected chi connectivity index (χ4v) is 4.24. The monoisotopic (exact) mass is 248 g/mol. The molecule has 0 radical (unpaired) electrons. The van der Waals surface area contributed by atoms with Crippen LogP contribution in [0.25, 0.3) is 0 Å². The zero-order valence-corrected chi connectivity index (χ0v) is 12.8. The molecule has 0 saturated heterocycles. The average Bonchev–Trinajstić information content (AvgIpc) is 2.42. The Morgan fingerprint density at radius 3 is 2.44 bits per heavy atom. The first-order chi connectivity index (χ1) is 8.77. The van der Waals surface area contributed by atoms with Gasteiger partial charge in [-0.05, 0) is 55.8 Å². The van der Waals surface area contributed by atoms with Crippen LogP contribution in [-0.2, 0) is 0 Å². The Bertz CT molecular complexity index is 263. The van der Waals surface area contributed by atoms with E-state index in [1.807, 2.05) is 5.57 Å². The molecule has 0 aromatic heterocycles. The van der Waals surface area contributed by atoms with Gasteiger partial charge in [-0.2, -0.15) is 0 Å². The van der Waals surface area contributed by atoms with Crippen LogP contribution in [0.1, 0.15) is 65.7 Å². The molecule has 0 N–H and O–H groups in total. The summed E-state index contributed by atoms with van der Waals surface area (Å²) in [6, 6.07) is 0. The van der Waals surface area contributed by atoms with Crippen LogP contribution in [0.2, 0.25) is 0 Å². The third-order valence-corrected chi connectivity index (χ3v) is 5.10. The fraction of sp³-hybridized carbons (Fsp3) is 0.778. The van der Waals surface area contributed by atoms with E-state index in [0.717, 1.165) is 23.7 Å². The summed E-state index contributed by atoms with van der Waals surface area (Å²) in [6.45, 7) is 13.2. The van der Waals surface area contributed by atoms with Gasteiger partial charge in [0.05, 0.1) is 0 Å². The van der Waals surface area contributed by atoms with E-state index in [1.165, 1.54) is 44.9 Å². The average molecular weight is 248 g/mol. The summed E-state index contributed by atoms with van der Waals surface area (Å²) in [5.41, 5.74) is 1.85. The largest absolute Gasteiger partial charge is 0.106 e. The quantitative estimate of drug-likeness (QED) is 0.526. The summed E-state index contributed by atoms with van der Waals surface area (Å²) >= 11 is 0. The van der Waals surface area contributed by atoms with Gasteiger partial charge in [0.15, 0.2) is 0 Å². The summed E-state index contributed by atoms with van der Waals surface area (Å²) in [6.07, 6.45) is 12.6. The first kappa shape index (κ1) is 15.5. The molecule has 104 valence electrons. The van der Waals surface area contributed by atoms with Gasteiger partial charge in [0.1, 0.15) is 0 Å². The van der Waals surface area contributed by atoms with Gasteiger partial charge in [-0.3, -0.25) is 0 Å². The fourth-order valence-electron chi connectivity index (χ4n) is 4.24. The first-order valence-electron chi connectivity index (χ1n) is 7.97. The van der Waals surface area contributed by atoms with Gasteiger partial charge in [-0.25, -0.2) is 0 Å². The van der Waals surface area contributed by atoms with Gasteiger partial charge < -0.3 is 0 Å². The Morgan fingerprint density at radius 2 is 1.83 bits per heavy atom.